The highest BCUT2D eigenvalue weighted by atomic mass is 32.2. The molecule has 176 valence electrons. The molecule has 0 aliphatic rings. The molecule has 1 N–H and O–H groups in total. The Bertz CT molecular complexity index is 1190. The van der Waals surface area contributed by atoms with E-state index in [1.807, 2.05) is 31.2 Å². The summed E-state index contributed by atoms with van der Waals surface area (Å²) >= 11 is 0. The summed E-state index contributed by atoms with van der Waals surface area (Å²) in [6.07, 6.45) is 0. The summed E-state index contributed by atoms with van der Waals surface area (Å²) in [5, 5.41) is 4.35. The Morgan fingerprint density at radius 1 is 0.909 bits per heavy atom. The van der Waals surface area contributed by atoms with Crippen LogP contribution in [0, 0.1) is 0 Å². The maximum atomic E-state index is 12.2. The summed E-state index contributed by atoms with van der Waals surface area (Å²) in [4.78, 5) is 12.1. The van der Waals surface area contributed by atoms with Gasteiger partial charge in [-0.1, -0.05) is 0 Å². The monoisotopic (exact) mass is 473 g/mol. The molecule has 33 heavy (non-hydrogen) atoms. The Kier molecular flexibility index (Phi) is 8.45. The van der Waals surface area contributed by atoms with E-state index in [0.717, 1.165) is 11.3 Å². The molecule has 2 aromatic carbocycles. The van der Waals surface area contributed by atoms with E-state index in [9.17, 15) is 13.2 Å². The normalized spacial score (nSPS) is 11.2. The molecule has 1 heterocycles. The number of hydrogen-bond acceptors (Lipinski definition) is 7. The zero-order chi connectivity index (χ0) is 23.7. The zero-order valence-corrected chi connectivity index (χ0v) is 19.4. The first-order valence-corrected chi connectivity index (χ1v) is 12.1. The molecule has 3 rings (SSSR count). The van der Waals surface area contributed by atoms with Crippen LogP contribution in [0.2, 0.25) is 0 Å². The van der Waals surface area contributed by atoms with Crippen molar-refractivity contribution in [1.29, 1.82) is 0 Å². The van der Waals surface area contributed by atoms with E-state index in [4.69, 9.17) is 14.2 Å². The van der Waals surface area contributed by atoms with Crippen LogP contribution in [0.3, 0.4) is 0 Å². The number of benzene rings is 2. The van der Waals surface area contributed by atoms with Crippen molar-refractivity contribution in [2.45, 2.75) is 13.5 Å². The Labute approximate surface area is 193 Å². The van der Waals surface area contributed by atoms with E-state index < -0.39 is 10.0 Å². The minimum absolute atomic E-state index is 0.00686. The molecule has 0 radical (unpaired) electrons. The highest BCUT2D eigenvalue weighted by Crippen LogP contribution is 2.20. The number of nitrogens with one attached hydrogen (secondary N) is 1. The quantitative estimate of drug-likeness (QED) is 0.430. The molecule has 0 saturated carbocycles. The number of nitrogens with zero attached hydrogens (tertiary/aromatic N) is 2. The molecule has 9 nitrogen and oxygen atoms in total. The van der Waals surface area contributed by atoms with E-state index in [1.54, 1.807) is 37.4 Å². The lowest BCUT2D eigenvalue weighted by Gasteiger charge is -2.10. The third-order valence-electron chi connectivity index (χ3n) is 4.65. The SMILES string of the molecule is CCOc1ccc(-c2ccc(=O)n(CCNS(=O)(=O)CCOc3ccc(OC)cc3)n2)cc1. The number of sulfonamides is 1. The number of aromatic nitrogens is 2. The Morgan fingerprint density at radius 3 is 2.21 bits per heavy atom. The van der Waals surface area contributed by atoms with Gasteiger partial charge in [-0.3, -0.25) is 4.79 Å². The topological polar surface area (TPSA) is 109 Å². The first-order chi connectivity index (χ1) is 15.9. The highest BCUT2D eigenvalue weighted by Gasteiger charge is 2.11. The number of hydrogen-bond donors (Lipinski definition) is 1. The Morgan fingerprint density at radius 2 is 1.55 bits per heavy atom. The van der Waals surface area contributed by atoms with Crippen molar-refractivity contribution in [1.82, 2.24) is 14.5 Å². The fraction of sp³-hybridized carbons (Fsp3) is 0.304. The molecular formula is C23H27N3O6S. The van der Waals surface area contributed by atoms with Gasteiger partial charge < -0.3 is 14.2 Å². The third-order valence-corrected chi connectivity index (χ3v) is 6.00. The number of ether oxygens (including phenoxy) is 3. The number of methoxy groups -OCH3 is 1. The van der Waals surface area contributed by atoms with Gasteiger partial charge in [-0.2, -0.15) is 5.10 Å². The van der Waals surface area contributed by atoms with Crippen LogP contribution in [0.1, 0.15) is 6.92 Å². The molecule has 0 atom stereocenters. The van der Waals surface area contributed by atoms with Crippen LogP contribution in [0.25, 0.3) is 11.3 Å². The van der Waals surface area contributed by atoms with Crippen LogP contribution >= 0.6 is 0 Å². The molecule has 0 unspecified atom stereocenters. The van der Waals surface area contributed by atoms with Crippen molar-refractivity contribution in [2.24, 2.45) is 0 Å². The Hall–Kier alpha value is -3.37. The van der Waals surface area contributed by atoms with E-state index in [2.05, 4.69) is 9.82 Å². The van der Waals surface area contributed by atoms with Crippen LogP contribution in [-0.4, -0.2) is 50.8 Å². The molecule has 1 aromatic heterocycles. The highest BCUT2D eigenvalue weighted by molar-refractivity contribution is 7.89. The third kappa shape index (κ3) is 7.33. The lowest BCUT2D eigenvalue weighted by molar-refractivity contribution is 0.339. The molecule has 3 aromatic rings. The van der Waals surface area contributed by atoms with Gasteiger partial charge in [0.25, 0.3) is 5.56 Å². The second kappa shape index (κ2) is 11.5. The minimum Gasteiger partial charge on any atom is -0.497 e. The van der Waals surface area contributed by atoms with Crippen molar-refractivity contribution in [3.8, 4) is 28.5 Å². The lowest BCUT2D eigenvalue weighted by atomic mass is 10.1. The maximum absolute atomic E-state index is 12.2. The van der Waals surface area contributed by atoms with Crippen molar-refractivity contribution in [3.63, 3.8) is 0 Å². The van der Waals surface area contributed by atoms with E-state index in [0.29, 0.717) is 23.8 Å². The zero-order valence-electron chi connectivity index (χ0n) is 18.6. The first kappa shape index (κ1) is 24.3. The second-order valence-electron chi connectivity index (χ2n) is 6.97. The maximum Gasteiger partial charge on any atom is 0.266 e. The van der Waals surface area contributed by atoms with Crippen LogP contribution in [0.15, 0.2) is 65.5 Å². The van der Waals surface area contributed by atoms with Gasteiger partial charge in [-0.15, -0.1) is 0 Å². The van der Waals surface area contributed by atoms with Crippen LogP contribution in [-0.2, 0) is 16.6 Å². The van der Waals surface area contributed by atoms with Crippen LogP contribution < -0.4 is 24.5 Å². The van der Waals surface area contributed by atoms with Crippen molar-refractivity contribution >= 4 is 10.0 Å². The standard InChI is InChI=1S/C23H27N3O6S/c1-3-31-20-6-4-18(5-7-20)22-12-13-23(27)26(25-22)15-14-24-33(28,29)17-16-32-21-10-8-19(30-2)9-11-21/h4-13,24H,3,14-17H2,1-2H3. The number of rotatable bonds is 12. The molecule has 0 spiro atoms. The molecule has 0 saturated heterocycles. The van der Waals surface area contributed by atoms with Crippen LogP contribution in [0.4, 0.5) is 0 Å². The average molecular weight is 474 g/mol. The van der Waals surface area contributed by atoms with Gasteiger partial charge >= 0.3 is 0 Å². The summed E-state index contributed by atoms with van der Waals surface area (Å²) in [6, 6.07) is 17.3. The first-order valence-electron chi connectivity index (χ1n) is 10.5. The van der Waals surface area contributed by atoms with Crippen molar-refractivity contribution < 1.29 is 22.6 Å². The molecular weight excluding hydrogens is 446 g/mol. The molecule has 0 bridgehead atoms. The largest absolute Gasteiger partial charge is 0.497 e. The molecule has 0 amide bonds. The predicted octanol–water partition coefficient (Wildman–Crippen LogP) is 2.32. The molecule has 0 aliphatic carbocycles. The Balaban J connectivity index is 1.52. The van der Waals surface area contributed by atoms with Gasteiger partial charge in [-0.25, -0.2) is 17.8 Å². The van der Waals surface area contributed by atoms with Gasteiger partial charge in [0, 0.05) is 18.2 Å². The van der Waals surface area contributed by atoms with Crippen molar-refractivity contribution in [3.05, 3.63) is 71.0 Å². The summed E-state index contributed by atoms with van der Waals surface area (Å²) in [5.41, 5.74) is 1.11. The average Bonchev–Trinajstić information content (AvgIpc) is 2.81. The molecule has 10 heteroatoms. The van der Waals surface area contributed by atoms with Gasteiger partial charge in [-0.05, 0) is 61.5 Å². The predicted molar refractivity (Wildman–Crippen MR) is 125 cm³/mol. The minimum atomic E-state index is -3.58. The van der Waals surface area contributed by atoms with Gasteiger partial charge in [0.05, 0.1) is 31.7 Å². The smallest absolute Gasteiger partial charge is 0.266 e. The summed E-state index contributed by atoms with van der Waals surface area (Å²) in [6.45, 7) is 2.61. The van der Waals surface area contributed by atoms with Crippen LogP contribution in [0.5, 0.6) is 17.2 Å². The summed E-state index contributed by atoms with van der Waals surface area (Å²) < 4.78 is 44.2. The van der Waals surface area contributed by atoms with E-state index in [1.165, 1.54) is 10.7 Å². The van der Waals surface area contributed by atoms with Crippen molar-refractivity contribution in [2.75, 3.05) is 32.6 Å². The second-order valence-corrected chi connectivity index (χ2v) is 8.90. The van der Waals surface area contributed by atoms with Gasteiger partial charge in [0.15, 0.2) is 0 Å². The van der Waals surface area contributed by atoms with Gasteiger partial charge in [0.2, 0.25) is 10.0 Å². The van der Waals surface area contributed by atoms with E-state index in [-0.39, 0.29) is 31.0 Å². The summed E-state index contributed by atoms with van der Waals surface area (Å²) in [5.74, 6) is 1.77. The molecule has 0 aliphatic heterocycles. The fourth-order valence-corrected chi connectivity index (χ4v) is 3.82. The van der Waals surface area contributed by atoms with Gasteiger partial charge in [0.1, 0.15) is 23.9 Å². The lowest BCUT2D eigenvalue weighted by Crippen LogP contribution is -2.34. The molecule has 0 fully saturated rings. The van der Waals surface area contributed by atoms with E-state index >= 15 is 0 Å². The summed E-state index contributed by atoms with van der Waals surface area (Å²) in [7, 11) is -2.01. The fourth-order valence-electron chi connectivity index (χ4n) is 2.97.